The maximum absolute atomic E-state index is 5.93. The standard InChI is InChI=1S/2C14H13OP.2BrH.Pd/c2*1-2-16-13-9-5-3-7-11(13)15-12-8-4-6-10-14(12)16;;;/h2*3-10H,2H2,1H3;2*1H;/q;;;;+2. The van der Waals surface area contributed by atoms with Crippen LogP contribution in [0, 0.1) is 0 Å². The SMILES string of the molecule is CC[PH+]1c2ccccc2Oc2ccccc21.CC[PH+]1c2ccccc2Oc2ccccc21.[Br][Pd][Br]. The van der Waals surface area contributed by atoms with Crippen molar-refractivity contribution in [1.82, 2.24) is 0 Å². The first kappa shape index (κ1) is 27.0. The molecule has 0 atom stereocenters. The molecule has 0 unspecified atom stereocenters. The predicted molar refractivity (Wildman–Crippen MR) is 160 cm³/mol. The number of benzene rings is 4. The van der Waals surface area contributed by atoms with Crippen LogP contribution in [0.2, 0.25) is 0 Å². The molecule has 184 valence electrons. The van der Waals surface area contributed by atoms with Gasteiger partial charge < -0.3 is 9.47 Å². The van der Waals surface area contributed by atoms with Crippen LogP contribution in [0.1, 0.15) is 13.8 Å². The number of hydrogen-bond donors (Lipinski definition) is 0. The van der Waals surface area contributed by atoms with Crippen molar-refractivity contribution in [3.63, 3.8) is 0 Å². The summed E-state index contributed by atoms with van der Waals surface area (Å²) in [5.41, 5.74) is 0. The second-order valence-corrected chi connectivity index (χ2v) is 20.6. The van der Waals surface area contributed by atoms with Crippen LogP contribution in [0.3, 0.4) is 0 Å². The second-order valence-electron chi connectivity index (χ2n) is 7.90. The Kier molecular flexibility index (Phi) is 10.4. The van der Waals surface area contributed by atoms with E-state index < -0.39 is 15.8 Å². The van der Waals surface area contributed by atoms with Gasteiger partial charge in [-0.2, -0.15) is 0 Å². The molecule has 0 aromatic heterocycles. The van der Waals surface area contributed by atoms with Crippen LogP contribution in [-0.4, -0.2) is 12.3 Å². The summed E-state index contributed by atoms with van der Waals surface area (Å²) in [5, 5.41) is 5.64. The van der Waals surface area contributed by atoms with Crippen LogP contribution >= 0.6 is 42.7 Å². The van der Waals surface area contributed by atoms with Gasteiger partial charge in [0.2, 0.25) is 0 Å². The minimum atomic E-state index is -0.626. The van der Waals surface area contributed by atoms with Crippen molar-refractivity contribution in [2.45, 2.75) is 13.8 Å². The molecule has 0 saturated heterocycles. The van der Waals surface area contributed by atoms with Gasteiger partial charge in [-0.15, -0.1) is 0 Å². The molecule has 2 heterocycles. The predicted octanol–water partition coefficient (Wildman–Crippen LogP) is 7.64. The fraction of sp³-hybridized carbons (Fsp3) is 0.143. The summed E-state index contributed by atoms with van der Waals surface area (Å²) in [4.78, 5) is 0. The number of rotatable bonds is 2. The molecule has 0 spiro atoms. The van der Waals surface area contributed by atoms with Crippen molar-refractivity contribution < 1.29 is 23.4 Å². The number of para-hydroxylation sites is 4. The van der Waals surface area contributed by atoms with Gasteiger partial charge in [0.1, 0.15) is 21.2 Å². The normalized spacial score (nSPS) is 13.3. The Labute approximate surface area is 232 Å². The average Bonchev–Trinajstić information content (AvgIpc) is 2.91. The van der Waals surface area contributed by atoms with Crippen LogP contribution in [0.25, 0.3) is 0 Å². The molecule has 0 amide bonds. The van der Waals surface area contributed by atoms with E-state index in [0.717, 1.165) is 23.0 Å². The van der Waals surface area contributed by atoms with Crippen molar-refractivity contribution in [3.8, 4) is 23.0 Å². The zero-order chi connectivity index (χ0) is 24.6. The van der Waals surface area contributed by atoms with Crippen LogP contribution in [0.5, 0.6) is 23.0 Å². The van der Waals surface area contributed by atoms with E-state index in [1.54, 1.807) is 0 Å². The molecule has 4 aromatic carbocycles. The zero-order valence-corrected chi connectivity index (χ0v) is 26.3. The first-order chi connectivity index (χ1) is 17.2. The Bertz CT molecular complexity index is 1080. The van der Waals surface area contributed by atoms with Gasteiger partial charge in [0.25, 0.3) is 0 Å². The Morgan fingerprint density at radius 1 is 0.514 bits per heavy atom. The van der Waals surface area contributed by atoms with E-state index in [0.29, 0.717) is 13.9 Å². The van der Waals surface area contributed by atoms with Crippen molar-refractivity contribution in [2.24, 2.45) is 0 Å². The first-order valence-corrected chi connectivity index (χ1v) is 22.0. The number of hydrogen-bond acceptors (Lipinski definition) is 2. The third-order valence-corrected chi connectivity index (χ3v) is 11.7. The molecule has 6 rings (SSSR count). The molecule has 2 nitrogen and oxygen atoms in total. The van der Waals surface area contributed by atoms with E-state index in [2.05, 4.69) is 114 Å². The first-order valence-electron chi connectivity index (χ1n) is 11.5. The average molecular weight is 725 g/mol. The van der Waals surface area contributed by atoms with Crippen molar-refractivity contribution in [2.75, 3.05) is 12.3 Å². The summed E-state index contributed by atoms with van der Waals surface area (Å²) in [7, 11) is -1.25. The fourth-order valence-corrected chi connectivity index (χ4v) is 9.53. The Morgan fingerprint density at radius 2 is 0.743 bits per heavy atom. The molecule has 2 aliphatic rings. The van der Waals surface area contributed by atoms with Crippen LogP contribution in [-0.2, 0) is 13.9 Å². The Morgan fingerprint density at radius 3 is 0.971 bits per heavy atom. The molecule has 4 aromatic rings. The molecule has 35 heavy (non-hydrogen) atoms. The topological polar surface area (TPSA) is 18.5 Å². The van der Waals surface area contributed by atoms with Crippen molar-refractivity contribution in [3.05, 3.63) is 97.1 Å². The van der Waals surface area contributed by atoms with Crippen LogP contribution in [0.15, 0.2) is 97.1 Å². The maximum atomic E-state index is 5.93. The van der Waals surface area contributed by atoms with E-state index in [1.165, 1.54) is 33.5 Å². The summed E-state index contributed by atoms with van der Waals surface area (Å²) in [6.07, 6.45) is 2.42. The number of ether oxygens (including phenoxy) is 2. The van der Waals surface area contributed by atoms with Gasteiger partial charge in [0.15, 0.2) is 23.0 Å². The molecule has 0 fully saturated rings. The fourth-order valence-electron chi connectivity index (χ4n) is 4.51. The van der Waals surface area contributed by atoms with Gasteiger partial charge in [-0.1, -0.05) is 48.5 Å². The molecule has 2 aliphatic heterocycles. The molecule has 0 saturated carbocycles. The summed E-state index contributed by atoms with van der Waals surface area (Å²) >= 11 is 6.80. The van der Waals surface area contributed by atoms with Gasteiger partial charge in [-0.05, 0) is 62.4 Å². The van der Waals surface area contributed by atoms with Crippen molar-refractivity contribution in [1.29, 1.82) is 0 Å². The van der Waals surface area contributed by atoms with Crippen molar-refractivity contribution >= 4 is 63.9 Å². The molecular formula is C28H28Br2O2P2Pd+2. The second kappa shape index (κ2) is 13.5. The molecule has 7 heteroatoms. The number of halogens is 2. The molecule has 0 radical (unpaired) electrons. The van der Waals surface area contributed by atoms with Gasteiger partial charge >= 0.3 is 40.8 Å². The third kappa shape index (κ3) is 6.28. The molecule has 0 aliphatic carbocycles. The van der Waals surface area contributed by atoms with Crippen LogP contribution in [0.4, 0.5) is 0 Å². The van der Waals surface area contributed by atoms with E-state index in [4.69, 9.17) is 9.47 Å². The minimum absolute atomic E-state index is 0.575. The van der Waals surface area contributed by atoms with E-state index in [9.17, 15) is 0 Å². The van der Waals surface area contributed by atoms with E-state index in [-0.39, 0.29) is 0 Å². The van der Waals surface area contributed by atoms with Gasteiger partial charge in [0.05, 0.1) is 28.2 Å². The van der Waals surface area contributed by atoms with Gasteiger partial charge in [0, 0.05) is 0 Å². The molecule has 0 bridgehead atoms. The molecule has 0 N–H and O–H groups in total. The van der Waals surface area contributed by atoms with E-state index >= 15 is 0 Å². The summed E-state index contributed by atoms with van der Waals surface area (Å²) in [5.74, 6) is 4.21. The third-order valence-electron chi connectivity index (χ3n) is 6.00. The number of fused-ring (bicyclic) bond motifs is 4. The van der Waals surface area contributed by atoms with Crippen LogP contribution < -0.4 is 30.7 Å². The molecular weight excluding hydrogens is 696 g/mol. The van der Waals surface area contributed by atoms with Gasteiger partial charge in [-0.3, -0.25) is 0 Å². The zero-order valence-electron chi connectivity index (χ0n) is 19.5. The monoisotopic (exact) mass is 722 g/mol. The summed E-state index contributed by atoms with van der Waals surface area (Å²) < 4.78 is 11.9. The Balaban J connectivity index is 0.000000149. The summed E-state index contributed by atoms with van der Waals surface area (Å²) in [6.45, 7) is 4.54. The van der Waals surface area contributed by atoms with Gasteiger partial charge in [-0.25, -0.2) is 0 Å². The Hall–Kier alpha value is -1.04. The van der Waals surface area contributed by atoms with E-state index in [1.807, 2.05) is 24.3 Å². The summed E-state index contributed by atoms with van der Waals surface area (Å²) in [6, 6.07) is 33.8. The quantitative estimate of drug-likeness (QED) is 0.156.